The largest absolute Gasteiger partial charge is 0.504 e. The highest BCUT2D eigenvalue weighted by Crippen LogP contribution is 2.65. The van der Waals surface area contributed by atoms with Gasteiger partial charge in [0.2, 0.25) is 5.91 Å². The molecule has 1 aromatic carbocycles. The summed E-state index contributed by atoms with van der Waals surface area (Å²) in [4.78, 5) is 29.2. The van der Waals surface area contributed by atoms with E-state index in [0.717, 1.165) is 24.2 Å². The number of likely N-dealkylation sites (tertiary alicyclic amines) is 1. The highest BCUT2D eigenvalue weighted by molar-refractivity contribution is 6.06. The Labute approximate surface area is 193 Å². The minimum absolute atomic E-state index is 0.00995. The van der Waals surface area contributed by atoms with Gasteiger partial charge in [0.25, 0.3) is 0 Å². The van der Waals surface area contributed by atoms with Gasteiger partial charge in [0, 0.05) is 31.3 Å². The summed E-state index contributed by atoms with van der Waals surface area (Å²) < 4.78 is 11.5. The van der Waals surface area contributed by atoms with E-state index in [1.807, 2.05) is 13.0 Å². The van der Waals surface area contributed by atoms with Crippen LogP contribution in [0.15, 0.2) is 12.1 Å². The van der Waals surface area contributed by atoms with Crippen LogP contribution in [0.4, 0.5) is 0 Å². The predicted molar refractivity (Wildman–Crippen MR) is 118 cm³/mol. The Morgan fingerprint density at radius 3 is 2.94 bits per heavy atom. The molecule has 5 atom stereocenters. The zero-order chi connectivity index (χ0) is 23.0. The summed E-state index contributed by atoms with van der Waals surface area (Å²) in [5, 5.41) is 25.9. The number of Topliss-reactive ketones (excluding diaryl/α,β-unsaturated/α-hetero) is 1. The second kappa shape index (κ2) is 7.42. The van der Waals surface area contributed by atoms with Gasteiger partial charge in [0.15, 0.2) is 23.4 Å². The Balaban J connectivity index is 1.40. The molecule has 0 radical (unpaired) electrons. The van der Waals surface area contributed by atoms with Crippen LogP contribution in [0.1, 0.15) is 43.7 Å². The molecule has 3 aliphatic carbocycles. The van der Waals surface area contributed by atoms with Gasteiger partial charge in [0.1, 0.15) is 5.92 Å². The number of ether oxygens (including phenoxy) is 2. The first-order valence-corrected chi connectivity index (χ1v) is 12.3. The van der Waals surface area contributed by atoms with Crippen molar-refractivity contribution in [1.82, 2.24) is 10.2 Å². The highest BCUT2D eigenvalue weighted by atomic mass is 16.5. The molecule has 1 amide bonds. The van der Waals surface area contributed by atoms with Gasteiger partial charge in [-0.1, -0.05) is 6.07 Å². The van der Waals surface area contributed by atoms with E-state index in [9.17, 15) is 19.8 Å². The second-order valence-corrected chi connectivity index (χ2v) is 10.4. The van der Waals surface area contributed by atoms with E-state index in [2.05, 4.69) is 10.2 Å². The van der Waals surface area contributed by atoms with Gasteiger partial charge in [-0.3, -0.25) is 14.5 Å². The van der Waals surface area contributed by atoms with Crippen LogP contribution in [0.2, 0.25) is 0 Å². The molecule has 2 aliphatic heterocycles. The Hall–Kier alpha value is -2.16. The average molecular weight is 457 g/mol. The van der Waals surface area contributed by atoms with Crippen LogP contribution in [0.5, 0.6) is 11.5 Å². The summed E-state index contributed by atoms with van der Waals surface area (Å²) in [7, 11) is 0. The number of piperidine rings is 1. The van der Waals surface area contributed by atoms with E-state index in [0.29, 0.717) is 44.3 Å². The Bertz CT molecular complexity index is 1010. The number of nitrogens with zero attached hydrogens (tertiary/aromatic N) is 1. The zero-order valence-corrected chi connectivity index (χ0v) is 19.0. The van der Waals surface area contributed by atoms with Crippen molar-refractivity contribution in [2.45, 2.75) is 62.2 Å². The first-order valence-electron chi connectivity index (χ1n) is 12.3. The highest BCUT2D eigenvalue weighted by Gasteiger charge is 2.75. The molecular formula is C25H32N2O6. The zero-order valence-electron chi connectivity index (χ0n) is 19.0. The Morgan fingerprint density at radius 1 is 1.36 bits per heavy atom. The number of nitrogens with one attached hydrogen (secondary N) is 1. The van der Waals surface area contributed by atoms with Crippen molar-refractivity contribution in [3.8, 4) is 11.5 Å². The summed E-state index contributed by atoms with van der Waals surface area (Å²) in [6, 6.07) is 3.34. The number of benzene rings is 1. The number of ketones is 1. The van der Waals surface area contributed by atoms with Crippen LogP contribution in [-0.4, -0.2) is 77.4 Å². The molecule has 8 nitrogen and oxygen atoms in total. The van der Waals surface area contributed by atoms with Crippen LogP contribution < -0.4 is 10.1 Å². The number of phenolic OH excluding ortho intramolecular Hbond substituents is 1. The lowest BCUT2D eigenvalue weighted by Crippen LogP contribution is -2.78. The summed E-state index contributed by atoms with van der Waals surface area (Å²) in [5.41, 5.74) is -0.376. The number of hydrogen-bond acceptors (Lipinski definition) is 7. The van der Waals surface area contributed by atoms with Crippen molar-refractivity contribution < 1.29 is 29.3 Å². The van der Waals surface area contributed by atoms with E-state index in [4.69, 9.17) is 9.47 Å². The van der Waals surface area contributed by atoms with Crippen molar-refractivity contribution in [2.24, 2.45) is 11.8 Å². The standard InChI is InChI=1S/C25H32N2O6/c1-2-32-10-8-26-23(30)16-12-25(31)18-11-15-5-6-17(28)21-19(15)24(25,22(33-21)20(16)29)7-9-27(18)13-14-3-4-14/h5-6,14,16,18,22,28,31H,2-4,7-13H2,1H3,(H,26,30)/t16?,18-,22+,24+,25-/m1/s1. The lowest BCUT2D eigenvalue weighted by atomic mass is 9.47. The van der Waals surface area contributed by atoms with E-state index >= 15 is 0 Å². The lowest BCUT2D eigenvalue weighted by Gasteiger charge is -2.63. The second-order valence-electron chi connectivity index (χ2n) is 10.4. The minimum atomic E-state index is -1.29. The van der Waals surface area contributed by atoms with E-state index in [1.165, 1.54) is 12.8 Å². The molecule has 5 aliphatic rings. The van der Waals surface area contributed by atoms with Crippen LogP contribution in [0.3, 0.4) is 0 Å². The molecule has 33 heavy (non-hydrogen) atoms. The van der Waals surface area contributed by atoms with Crippen molar-refractivity contribution in [2.75, 3.05) is 32.8 Å². The van der Waals surface area contributed by atoms with E-state index < -0.39 is 23.0 Å². The number of amides is 1. The monoisotopic (exact) mass is 456 g/mol. The molecular weight excluding hydrogens is 424 g/mol. The summed E-state index contributed by atoms with van der Waals surface area (Å²) in [6.07, 6.45) is 2.74. The normalized spacial score (nSPS) is 36.3. The quantitative estimate of drug-likeness (QED) is 0.413. The van der Waals surface area contributed by atoms with E-state index in [1.54, 1.807) is 6.07 Å². The van der Waals surface area contributed by atoms with Gasteiger partial charge in [-0.15, -0.1) is 0 Å². The molecule has 3 fully saturated rings. The first-order chi connectivity index (χ1) is 15.9. The Morgan fingerprint density at radius 2 is 2.18 bits per heavy atom. The molecule has 3 N–H and O–H groups in total. The van der Waals surface area contributed by atoms with Gasteiger partial charge in [0.05, 0.1) is 17.6 Å². The third kappa shape index (κ3) is 2.87. The number of carbonyl (C=O) groups excluding carboxylic acids is 2. The number of hydrogen-bond donors (Lipinski definition) is 3. The van der Waals surface area contributed by atoms with Gasteiger partial charge >= 0.3 is 0 Å². The molecule has 1 saturated heterocycles. The molecule has 1 unspecified atom stereocenters. The molecule has 8 heteroatoms. The summed E-state index contributed by atoms with van der Waals surface area (Å²) >= 11 is 0. The first kappa shape index (κ1) is 21.4. The molecule has 178 valence electrons. The SMILES string of the molecule is CCOCCNC(=O)C1C[C@@]2(O)[C@H]3Cc4ccc(O)c5c4[C@@]2(CCN3CC2CC2)[C@@H](O5)C1=O. The number of phenols is 1. The maximum Gasteiger partial charge on any atom is 0.230 e. The van der Waals surface area contributed by atoms with Crippen LogP contribution in [0.25, 0.3) is 0 Å². The van der Waals surface area contributed by atoms with E-state index in [-0.39, 0.29) is 29.9 Å². The molecule has 1 aromatic rings. The molecule has 1 spiro atoms. The van der Waals surface area contributed by atoms with Gasteiger partial charge in [-0.05, 0) is 63.1 Å². The summed E-state index contributed by atoms with van der Waals surface area (Å²) in [5.74, 6) is -0.704. The van der Waals surface area contributed by atoms with Crippen molar-refractivity contribution in [1.29, 1.82) is 0 Å². The van der Waals surface area contributed by atoms with Crippen molar-refractivity contribution >= 4 is 11.7 Å². The Kier molecular flexibility index (Phi) is 4.81. The van der Waals surface area contributed by atoms with Crippen molar-refractivity contribution in [3.05, 3.63) is 23.3 Å². The minimum Gasteiger partial charge on any atom is -0.504 e. The third-order valence-corrected chi connectivity index (χ3v) is 8.70. The molecule has 0 aromatic heterocycles. The third-order valence-electron chi connectivity index (χ3n) is 8.70. The topological polar surface area (TPSA) is 108 Å². The summed E-state index contributed by atoms with van der Waals surface area (Å²) in [6.45, 7) is 4.84. The van der Waals surface area contributed by atoms with Crippen LogP contribution in [-0.2, 0) is 26.2 Å². The van der Waals surface area contributed by atoms with Crippen LogP contribution >= 0.6 is 0 Å². The lowest BCUT2D eigenvalue weighted by molar-refractivity contribution is -0.198. The maximum atomic E-state index is 13.7. The predicted octanol–water partition coefficient (Wildman–Crippen LogP) is 0.904. The molecule has 6 rings (SSSR count). The number of rotatable bonds is 7. The van der Waals surface area contributed by atoms with Gasteiger partial charge in [-0.25, -0.2) is 0 Å². The maximum absolute atomic E-state index is 13.7. The molecule has 2 bridgehead atoms. The fourth-order valence-corrected chi connectivity index (χ4v) is 7.04. The number of aliphatic hydroxyl groups is 1. The average Bonchev–Trinajstić information content (AvgIpc) is 3.53. The molecule has 2 heterocycles. The fourth-order valence-electron chi connectivity index (χ4n) is 7.04. The van der Waals surface area contributed by atoms with Gasteiger partial charge in [-0.2, -0.15) is 0 Å². The smallest absolute Gasteiger partial charge is 0.230 e. The van der Waals surface area contributed by atoms with Gasteiger partial charge < -0.3 is 25.0 Å². The molecule has 2 saturated carbocycles. The van der Waals surface area contributed by atoms with Crippen LogP contribution in [0, 0.1) is 11.8 Å². The fraction of sp³-hybridized carbons (Fsp3) is 0.680. The number of aromatic hydroxyl groups is 1. The van der Waals surface area contributed by atoms with Crippen molar-refractivity contribution in [3.63, 3.8) is 0 Å². The number of carbonyl (C=O) groups is 2.